The molecule has 82 valence electrons. The Hall–Kier alpha value is -0.680. The Kier molecular flexibility index (Phi) is 5.01. The van der Waals surface area contributed by atoms with E-state index in [-0.39, 0.29) is 18.8 Å². The fraction of sp³-hybridized carbons (Fsp3) is 0.500. The van der Waals surface area contributed by atoms with Gasteiger partial charge in [-0.15, -0.1) is 12.4 Å². The van der Waals surface area contributed by atoms with E-state index < -0.39 is 18.6 Å². The molecule has 14 heavy (non-hydrogen) atoms. The van der Waals surface area contributed by atoms with Crippen LogP contribution < -0.4 is 5.73 Å². The lowest BCUT2D eigenvalue weighted by atomic mass is 10.1. The summed E-state index contributed by atoms with van der Waals surface area (Å²) in [6, 6.07) is 0.974. The number of nitrogens with two attached hydrogens (primary N) is 1. The molecule has 1 rings (SSSR count). The van der Waals surface area contributed by atoms with Gasteiger partial charge in [-0.1, -0.05) is 0 Å². The molecule has 0 radical (unpaired) electrons. The van der Waals surface area contributed by atoms with Gasteiger partial charge < -0.3 is 10.2 Å². The first kappa shape index (κ1) is 13.3. The fourth-order valence-corrected chi connectivity index (χ4v) is 0.972. The van der Waals surface area contributed by atoms with Crippen molar-refractivity contribution in [3.8, 4) is 0 Å². The van der Waals surface area contributed by atoms with Crippen molar-refractivity contribution in [2.24, 2.45) is 5.73 Å². The van der Waals surface area contributed by atoms with Crippen LogP contribution in [0.1, 0.15) is 24.4 Å². The summed E-state index contributed by atoms with van der Waals surface area (Å²) in [5.41, 5.74) is 6.09. The zero-order chi connectivity index (χ0) is 9.90. The smallest absolute Gasteiger partial charge is 0.389 e. The van der Waals surface area contributed by atoms with Crippen molar-refractivity contribution < 1.29 is 17.6 Å². The zero-order valence-corrected chi connectivity index (χ0v) is 8.07. The van der Waals surface area contributed by atoms with Crippen molar-refractivity contribution in [2.45, 2.75) is 25.1 Å². The Labute approximate surface area is 85.7 Å². The SMILES string of the molecule is Cl.N[C@H](CCC(F)(F)F)c1ccoc1. The van der Waals surface area contributed by atoms with Crippen LogP contribution in [-0.2, 0) is 0 Å². The highest BCUT2D eigenvalue weighted by atomic mass is 35.5. The maximum Gasteiger partial charge on any atom is 0.389 e. The molecule has 1 atom stereocenters. The fourth-order valence-electron chi connectivity index (χ4n) is 0.972. The Morgan fingerprint density at radius 3 is 2.50 bits per heavy atom. The number of alkyl halides is 3. The molecule has 0 amide bonds. The molecule has 0 unspecified atom stereocenters. The summed E-state index contributed by atoms with van der Waals surface area (Å²) in [6.45, 7) is 0. The van der Waals surface area contributed by atoms with E-state index in [1.54, 1.807) is 6.07 Å². The van der Waals surface area contributed by atoms with Gasteiger partial charge in [0.05, 0.1) is 12.5 Å². The third-order valence-electron chi connectivity index (χ3n) is 1.71. The van der Waals surface area contributed by atoms with Gasteiger partial charge in [0.25, 0.3) is 0 Å². The molecule has 0 saturated carbocycles. The second-order valence-electron chi connectivity index (χ2n) is 2.82. The molecule has 1 aromatic rings. The van der Waals surface area contributed by atoms with Crippen LogP contribution in [0.2, 0.25) is 0 Å². The van der Waals surface area contributed by atoms with Crippen molar-refractivity contribution in [2.75, 3.05) is 0 Å². The minimum absolute atomic E-state index is 0. The Balaban J connectivity index is 0.00000169. The molecule has 6 heteroatoms. The molecular weight excluding hydrogens is 219 g/mol. The second kappa shape index (κ2) is 5.26. The summed E-state index contributed by atoms with van der Waals surface area (Å²) in [7, 11) is 0. The molecule has 1 aromatic heterocycles. The van der Waals surface area contributed by atoms with Crippen LogP contribution in [0.25, 0.3) is 0 Å². The lowest BCUT2D eigenvalue weighted by Gasteiger charge is -2.10. The van der Waals surface area contributed by atoms with E-state index in [0.717, 1.165) is 0 Å². The molecule has 2 N–H and O–H groups in total. The summed E-state index contributed by atoms with van der Waals surface area (Å²) in [5, 5.41) is 0. The van der Waals surface area contributed by atoms with Crippen molar-refractivity contribution in [3.63, 3.8) is 0 Å². The van der Waals surface area contributed by atoms with Crippen molar-refractivity contribution in [1.82, 2.24) is 0 Å². The van der Waals surface area contributed by atoms with Gasteiger partial charge in [0.2, 0.25) is 0 Å². The standard InChI is InChI=1S/C8H10F3NO.ClH/c9-8(10,11)3-1-7(12)6-2-4-13-5-6;/h2,4-5,7H,1,3,12H2;1H/t7-;/m1./s1. The van der Waals surface area contributed by atoms with Gasteiger partial charge in [-0.2, -0.15) is 13.2 Å². The Morgan fingerprint density at radius 2 is 2.07 bits per heavy atom. The number of halogens is 4. The zero-order valence-electron chi connectivity index (χ0n) is 7.25. The van der Waals surface area contributed by atoms with Crippen LogP contribution in [0.5, 0.6) is 0 Å². The van der Waals surface area contributed by atoms with Crippen molar-refractivity contribution in [1.29, 1.82) is 0 Å². The summed E-state index contributed by atoms with van der Waals surface area (Å²) in [5.74, 6) is 0. The van der Waals surface area contributed by atoms with E-state index >= 15 is 0 Å². The largest absolute Gasteiger partial charge is 0.472 e. The van der Waals surface area contributed by atoms with Crippen LogP contribution in [0.3, 0.4) is 0 Å². The first-order chi connectivity index (χ1) is 5.99. The van der Waals surface area contributed by atoms with Crippen LogP contribution in [-0.4, -0.2) is 6.18 Å². The van der Waals surface area contributed by atoms with E-state index in [0.29, 0.717) is 5.56 Å². The summed E-state index contributed by atoms with van der Waals surface area (Å²) in [4.78, 5) is 0. The number of furan rings is 1. The molecule has 0 aliphatic carbocycles. The van der Waals surface area contributed by atoms with E-state index in [1.165, 1.54) is 12.5 Å². The third-order valence-corrected chi connectivity index (χ3v) is 1.71. The average Bonchev–Trinajstić information content (AvgIpc) is 2.50. The van der Waals surface area contributed by atoms with Gasteiger partial charge in [-0.05, 0) is 12.5 Å². The highest BCUT2D eigenvalue weighted by Crippen LogP contribution is 2.26. The van der Waals surface area contributed by atoms with Gasteiger partial charge in [0, 0.05) is 18.0 Å². The van der Waals surface area contributed by atoms with Gasteiger partial charge in [0.15, 0.2) is 0 Å². The topological polar surface area (TPSA) is 39.2 Å². The monoisotopic (exact) mass is 229 g/mol. The van der Waals surface area contributed by atoms with Gasteiger partial charge in [0.1, 0.15) is 0 Å². The number of hydrogen-bond acceptors (Lipinski definition) is 2. The maximum atomic E-state index is 11.8. The average molecular weight is 230 g/mol. The van der Waals surface area contributed by atoms with E-state index in [9.17, 15) is 13.2 Å². The van der Waals surface area contributed by atoms with Gasteiger partial charge in [-0.3, -0.25) is 0 Å². The van der Waals surface area contributed by atoms with Crippen molar-refractivity contribution >= 4 is 12.4 Å². The summed E-state index contributed by atoms with van der Waals surface area (Å²) < 4.78 is 40.0. The number of rotatable bonds is 3. The molecule has 0 bridgehead atoms. The van der Waals surface area contributed by atoms with Crippen LogP contribution in [0.4, 0.5) is 13.2 Å². The van der Waals surface area contributed by atoms with Gasteiger partial charge >= 0.3 is 6.18 Å². The summed E-state index contributed by atoms with van der Waals surface area (Å²) in [6.07, 6.45) is -2.35. The van der Waals surface area contributed by atoms with E-state index in [2.05, 4.69) is 0 Å². The molecule has 0 spiro atoms. The number of hydrogen-bond donors (Lipinski definition) is 1. The first-order valence-corrected chi connectivity index (χ1v) is 3.83. The summed E-state index contributed by atoms with van der Waals surface area (Å²) >= 11 is 0. The second-order valence-corrected chi connectivity index (χ2v) is 2.82. The molecule has 1 heterocycles. The molecule has 0 fully saturated rings. The highest BCUT2D eigenvalue weighted by Gasteiger charge is 2.27. The van der Waals surface area contributed by atoms with Gasteiger partial charge in [-0.25, -0.2) is 0 Å². The molecular formula is C8H11ClF3NO. The molecule has 0 aromatic carbocycles. The van der Waals surface area contributed by atoms with E-state index in [4.69, 9.17) is 10.2 Å². The Bertz CT molecular complexity index is 248. The predicted octanol–water partition coefficient (Wildman–Crippen LogP) is 3.04. The van der Waals surface area contributed by atoms with Crippen LogP contribution >= 0.6 is 12.4 Å². The van der Waals surface area contributed by atoms with Crippen LogP contribution in [0.15, 0.2) is 23.0 Å². The normalized spacial score (nSPS) is 13.4. The third kappa shape index (κ3) is 4.53. The quantitative estimate of drug-likeness (QED) is 0.865. The minimum Gasteiger partial charge on any atom is -0.472 e. The maximum absolute atomic E-state index is 11.8. The molecule has 0 aliphatic heterocycles. The van der Waals surface area contributed by atoms with E-state index in [1.807, 2.05) is 0 Å². The first-order valence-electron chi connectivity index (χ1n) is 3.83. The Morgan fingerprint density at radius 1 is 1.43 bits per heavy atom. The molecule has 2 nitrogen and oxygen atoms in total. The lowest BCUT2D eigenvalue weighted by molar-refractivity contribution is -0.136. The minimum atomic E-state index is -4.14. The lowest BCUT2D eigenvalue weighted by Crippen LogP contribution is -2.15. The molecule has 0 saturated heterocycles. The highest BCUT2D eigenvalue weighted by molar-refractivity contribution is 5.85. The van der Waals surface area contributed by atoms with Crippen molar-refractivity contribution in [3.05, 3.63) is 24.2 Å². The van der Waals surface area contributed by atoms with Crippen LogP contribution in [0, 0.1) is 0 Å². The molecule has 0 aliphatic rings. The predicted molar refractivity (Wildman–Crippen MR) is 48.2 cm³/mol.